The van der Waals surface area contributed by atoms with Gasteiger partial charge in [-0.05, 0) is 19.8 Å². The van der Waals surface area contributed by atoms with E-state index < -0.39 is 0 Å². The van der Waals surface area contributed by atoms with Gasteiger partial charge in [0.05, 0.1) is 5.60 Å². The van der Waals surface area contributed by atoms with Crippen LogP contribution in [0.15, 0.2) is 4.52 Å². The van der Waals surface area contributed by atoms with Crippen molar-refractivity contribution in [1.82, 2.24) is 15.5 Å². The van der Waals surface area contributed by atoms with Gasteiger partial charge in [-0.2, -0.15) is 4.98 Å². The lowest BCUT2D eigenvalue weighted by atomic mass is 9.89. The van der Waals surface area contributed by atoms with Crippen molar-refractivity contribution in [3.63, 3.8) is 0 Å². The van der Waals surface area contributed by atoms with Gasteiger partial charge >= 0.3 is 0 Å². The summed E-state index contributed by atoms with van der Waals surface area (Å²) < 4.78 is 11.1. The molecule has 0 atom stereocenters. The smallest absolute Gasteiger partial charge is 0.252 e. The molecular weight excluding hydrogens is 230 g/mol. The van der Waals surface area contributed by atoms with E-state index in [1.165, 1.54) is 32.1 Å². The van der Waals surface area contributed by atoms with E-state index in [4.69, 9.17) is 9.26 Å². The van der Waals surface area contributed by atoms with Crippen LogP contribution in [0.2, 0.25) is 0 Å². The Morgan fingerprint density at radius 3 is 2.78 bits per heavy atom. The molecule has 5 nitrogen and oxygen atoms in total. The summed E-state index contributed by atoms with van der Waals surface area (Å²) in [6.07, 6.45) is 6.31. The van der Waals surface area contributed by atoms with Crippen molar-refractivity contribution in [3.05, 3.63) is 11.7 Å². The fraction of sp³-hybridized carbons (Fsp3) is 0.846. The molecule has 2 aliphatic rings. The number of aromatic nitrogens is 2. The van der Waals surface area contributed by atoms with Gasteiger partial charge in [0.15, 0.2) is 5.82 Å². The average molecular weight is 251 g/mol. The quantitative estimate of drug-likeness (QED) is 0.886. The van der Waals surface area contributed by atoms with Gasteiger partial charge in [-0.25, -0.2) is 0 Å². The van der Waals surface area contributed by atoms with E-state index in [0.717, 1.165) is 18.9 Å². The maximum absolute atomic E-state index is 5.79. The van der Waals surface area contributed by atoms with Crippen LogP contribution >= 0.6 is 0 Å². The molecule has 0 aromatic carbocycles. The highest BCUT2D eigenvalue weighted by atomic mass is 16.5. The highest BCUT2D eigenvalue weighted by Crippen LogP contribution is 2.30. The van der Waals surface area contributed by atoms with E-state index in [2.05, 4.69) is 22.4 Å². The minimum atomic E-state index is -0.0561. The monoisotopic (exact) mass is 251 g/mol. The third-order valence-corrected chi connectivity index (χ3v) is 4.00. The molecule has 0 spiro atoms. The van der Waals surface area contributed by atoms with Crippen LogP contribution in [0.25, 0.3) is 0 Å². The first-order valence-electron chi connectivity index (χ1n) is 6.92. The number of ether oxygens (including phenoxy) is 1. The molecule has 1 aliphatic carbocycles. The first-order valence-corrected chi connectivity index (χ1v) is 6.92. The van der Waals surface area contributed by atoms with Crippen LogP contribution in [0.5, 0.6) is 0 Å². The predicted octanol–water partition coefficient (Wildman–Crippen LogP) is 2.00. The molecule has 1 aromatic rings. The van der Waals surface area contributed by atoms with Gasteiger partial charge < -0.3 is 14.6 Å². The van der Waals surface area contributed by atoms with E-state index in [1.807, 2.05) is 0 Å². The molecule has 2 heterocycles. The molecule has 2 fully saturated rings. The molecule has 1 aromatic heterocycles. The van der Waals surface area contributed by atoms with Gasteiger partial charge in [0.2, 0.25) is 0 Å². The number of nitrogens with zero attached hydrogens (tertiary/aromatic N) is 2. The molecule has 0 bridgehead atoms. The highest BCUT2D eigenvalue weighted by molar-refractivity contribution is 4.97. The fourth-order valence-corrected chi connectivity index (χ4v) is 2.67. The highest BCUT2D eigenvalue weighted by Gasteiger charge is 2.33. The van der Waals surface area contributed by atoms with Gasteiger partial charge in [-0.1, -0.05) is 24.4 Å². The van der Waals surface area contributed by atoms with Crippen LogP contribution in [0.3, 0.4) is 0 Å². The van der Waals surface area contributed by atoms with E-state index in [0.29, 0.717) is 18.4 Å². The second kappa shape index (κ2) is 4.97. The van der Waals surface area contributed by atoms with Gasteiger partial charge in [0, 0.05) is 19.0 Å². The molecule has 0 unspecified atom stereocenters. The number of hydrogen-bond donors (Lipinski definition) is 1. The third kappa shape index (κ3) is 2.57. The first kappa shape index (κ1) is 12.1. The summed E-state index contributed by atoms with van der Waals surface area (Å²) in [5, 5.41) is 7.31. The molecule has 18 heavy (non-hydrogen) atoms. The topological polar surface area (TPSA) is 60.2 Å². The van der Waals surface area contributed by atoms with Crippen molar-refractivity contribution in [2.75, 3.05) is 13.1 Å². The van der Waals surface area contributed by atoms with Crippen LogP contribution in [-0.2, 0) is 11.3 Å². The van der Waals surface area contributed by atoms with Crippen LogP contribution in [-0.4, -0.2) is 28.8 Å². The predicted molar refractivity (Wildman–Crippen MR) is 66.2 cm³/mol. The summed E-state index contributed by atoms with van der Waals surface area (Å²) in [4.78, 5) is 4.47. The molecule has 0 radical (unpaired) electrons. The summed E-state index contributed by atoms with van der Waals surface area (Å²) in [6.45, 7) is 4.33. The van der Waals surface area contributed by atoms with E-state index in [9.17, 15) is 0 Å². The van der Waals surface area contributed by atoms with Gasteiger partial charge in [0.25, 0.3) is 5.89 Å². The molecule has 1 saturated heterocycles. The second-order valence-electron chi connectivity index (χ2n) is 5.72. The number of hydrogen-bond acceptors (Lipinski definition) is 5. The molecule has 1 saturated carbocycles. The van der Waals surface area contributed by atoms with Crippen LogP contribution in [0.4, 0.5) is 0 Å². The number of rotatable bonds is 4. The van der Waals surface area contributed by atoms with Gasteiger partial charge in [-0.15, -0.1) is 0 Å². The van der Waals surface area contributed by atoms with Crippen molar-refractivity contribution in [2.24, 2.45) is 0 Å². The Bertz CT molecular complexity index is 395. The van der Waals surface area contributed by atoms with Crippen molar-refractivity contribution in [2.45, 2.75) is 57.2 Å². The SMILES string of the molecule is CC1(OCc2nc(C3CCCCC3)no2)CNC1. The largest absolute Gasteiger partial charge is 0.363 e. The Kier molecular flexibility index (Phi) is 3.35. The summed E-state index contributed by atoms with van der Waals surface area (Å²) >= 11 is 0. The standard InChI is InChI=1S/C13H21N3O2/c1-13(8-14-9-13)17-7-11-15-12(16-18-11)10-5-3-2-4-6-10/h10,14H,2-9H2,1H3. The van der Waals surface area contributed by atoms with Crippen molar-refractivity contribution in [3.8, 4) is 0 Å². The fourth-order valence-electron chi connectivity index (χ4n) is 2.67. The lowest BCUT2D eigenvalue weighted by Gasteiger charge is -2.38. The molecule has 3 rings (SSSR count). The average Bonchev–Trinajstić information content (AvgIpc) is 2.84. The summed E-state index contributed by atoms with van der Waals surface area (Å²) in [7, 11) is 0. The summed E-state index contributed by atoms with van der Waals surface area (Å²) in [5.41, 5.74) is -0.0561. The lowest BCUT2D eigenvalue weighted by Crippen LogP contribution is -2.58. The van der Waals surface area contributed by atoms with Crippen LogP contribution < -0.4 is 5.32 Å². The molecular formula is C13H21N3O2. The Morgan fingerprint density at radius 2 is 2.11 bits per heavy atom. The lowest BCUT2D eigenvalue weighted by molar-refractivity contribution is -0.0841. The van der Waals surface area contributed by atoms with Crippen molar-refractivity contribution >= 4 is 0 Å². The summed E-state index contributed by atoms with van der Waals surface area (Å²) in [5.74, 6) is 1.99. The molecule has 5 heteroatoms. The van der Waals surface area contributed by atoms with E-state index in [1.54, 1.807) is 0 Å². The Balaban J connectivity index is 1.55. The Morgan fingerprint density at radius 1 is 1.33 bits per heavy atom. The minimum absolute atomic E-state index is 0.0561. The molecule has 1 aliphatic heterocycles. The third-order valence-electron chi connectivity index (χ3n) is 4.00. The van der Waals surface area contributed by atoms with Crippen molar-refractivity contribution < 1.29 is 9.26 Å². The van der Waals surface area contributed by atoms with Crippen molar-refractivity contribution in [1.29, 1.82) is 0 Å². The maximum atomic E-state index is 5.79. The van der Waals surface area contributed by atoms with E-state index in [-0.39, 0.29) is 5.60 Å². The zero-order valence-corrected chi connectivity index (χ0v) is 10.9. The minimum Gasteiger partial charge on any atom is -0.363 e. The van der Waals surface area contributed by atoms with Crippen LogP contribution in [0.1, 0.15) is 56.7 Å². The molecule has 0 amide bonds. The second-order valence-corrected chi connectivity index (χ2v) is 5.72. The molecule has 100 valence electrons. The zero-order valence-electron chi connectivity index (χ0n) is 10.9. The molecule has 1 N–H and O–H groups in total. The Labute approximate surface area is 107 Å². The summed E-state index contributed by atoms with van der Waals surface area (Å²) in [6, 6.07) is 0. The van der Waals surface area contributed by atoms with Crippen LogP contribution in [0, 0.1) is 0 Å². The van der Waals surface area contributed by atoms with Gasteiger partial charge in [0.1, 0.15) is 6.61 Å². The Hall–Kier alpha value is -0.940. The maximum Gasteiger partial charge on any atom is 0.252 e. The van der Waals surface area contributed by atoms with Gasteiger partial charge in [-0.3, -0.25) is 0 Å². The normalized spacial score (nSPS) is 23.8. The number of nitrogens with one attached hydrogen (secondary N) is 1. The van der Waals surface area contributed by atoms with E-state index >= 15 is 0 Å². The first-order chi connectivity index (χ1) is 8.75. The zero-order chi connectivity index (χ0) is 12.4.